The Morgan fingerprint density at radius 3 is 2.76 bits per heavy atom. The summed E-state index contributed by atoms with van der Waals surface area (Å²) < 4.78 is 5.57. The van der Waals surface area contributed by atoms with Crippen molar-refractivity contribution in [3.8, 4) is 0 Å². The summed E-state index contributed by atoms with van der Waals surface area (Å²) in [6, 6.07) is 0. The van der Waals surface area contributed by atoms with E-state index in [-0.39, 0.29) is 6.10 Å². The van der Waals surface area contributed by atoms with Crippen LogP contribution in [0.15, 0.2) is 0 Å². The third-order valence-electron chi connectivity index (χ3n) is 4.12. The maximum atomic E-state index is 9.30. The first-order valence-electron chi connectivity index (χ1n) is 6.72. The average molecular weight is 242 g/mol. The van der Waals surface area contributed by atoms with Crippen molar-refractivity contribution in [3.63, 3.8) is 0 Å². The molecule has 4 heteroatoms. The fourth-order valence-electron chi connectivity index (χ4n) is 3.27. The van der Waals surface area contributed by atoms with E-state index in [2.05, 4.69) is 17.3 Å². The number of aliphatic hydroxyl groups excluding tert-OH is 1. The summed E-state index contributed by atoms with van der Waals surface area (Å²) in [4.78, 5) is 2.42. The zero-order valence-electron chi connectivity index (χ0n) is 11.1. The Labute approximate surface area is 104 Å². The highest BCUT2D eigenvalue weighted by atomic mass is 16.5. The minimum absolute atomic E-state index is 0.0329. The molecule has 4 nitrogen and oxygen atoms in total. The van der Waals surface area contributed by atoms with E-state index < -0.39 is 0 Å². The lowest BCUT2D eigenvalue weighted by atomic mass is 9.81. The van der Waals surface area contributed by atoms with E-state index in [0.29, 0.717) is 11.3 Å². The number of ether oxygens (including phenoxy) is 1. The average Bonchev–Trinajstić information content (AvgIpc) is 2.64. The van der Waals surface area contributed by atoms with Crippen molar-refractivity contribution >= 4 is 0 Å². The summed E-state index contributed by atoms with van der Waals surface area (Å²) in [7, 11) is 4.21. The van der Waals surface area contributed by atoms with Crippen LogP contribution in [0.5, 0.6) is 0 Å². The molecule has 1 atom stereocenters. The van der Waals surface area contributed by atoms with Gasteiger partial charge in [-0.05, 0) is 39.3 Å². The molecule has 2 aliphatic rings. The Bertz CT molecular complexity index is 236. The van der Waals surface area contributed by atoms with Crippen LogP contribution in [0, 0.1) is 11.3 Å². The maximum Gasteiger partial charge on any atom is 0.0547 e. The van der Waals surface area contributed by atoms with Crippen LogP contribution in [0.25, 0.3) is 0 Å². The fraction of sp³-hybridized carbons (Fsp3) is 1.00. The molecule has 1 heterocycles. The Kier molecular flexibility index (Phi) is 4.42. The standard InChI is InChI=1S/C13H26N2O2/c1-14-8-13(3-4-17-10-13)9-15(2)7-11-5-12(16)6-11/h11-12,14,16H,3-10H2,1-2H3. The van der Waals surface area contributed by atoms with E-state index in [9.17, 15) is 5.11 Å². The van der Waals surface area contributed by atoms with Gasteiger partial charge in [-0.15, -0.1) is 0 Å². The lowest BCUT2D eigenvalue weighted by molar-refractivity contribution is 0.0206. The van der Waals surface area contributed by atoms with Crippen molar-refractivity contribution in [3.05, 3.63) is 0 Å². The second kappa shape index (κ2) is 5.65. The lowest BCUT2D eigenvalue weighted by Gasteiger charge is -2.38. The highest BCUT2D eigenvalue weighted by Gasteiger charge is 2.36. The molecule has 1 unspecified atom stereocenters. The highest BCUT2D eigenvalue weighted by Crippen LogP contribution is 2.31. The van der Waals surface area contributed by atoms with Gasteiger partial charge in [0.05, 0.1) is 12.7 Å². The molecule has 17 heavy (non-hydrogen) atoms. The van der Waals surface area contributed by atoms with Crippen LogP contribution in [-0.4, -0.2) is 63.1 Å². The molecule has 1 saturated carbocycles. The van der Waals surface area contributed by atoms with Crippen molar-refractivity contribution in [1.82, 2.24) is 10.2 Å². The summed E-state index contributed by atoms with van der Waals surface area (Å²) in [6.45, 7) is 5.02. The molecule has 0 aromatic rings. The molecular formula is C13H26N2O2. The molecule has 0 radical (unpaired) electrons. The van der Waals surface area contributed by atoms with Crippen LogP contribution in [-0.2, 0) is 4.74 Å². The minimum atomic E-state index is -0.0329. The molecule has 0 aromatic carbocycles. The number of hydrogen-bond acceptors (Lipinski definition) is 4. The lowest BCUT2D eigenvalue weighted by Crippen LogP contribution is -2.45. The number of nitrogens with zero attached hydrogens (tertiary/aromatic N) is 1. The molecule has 2 N–H and O–H groups in total. The van der Waals surface area contributed by atoms with Gasteiger partial charge in [0.15, 0.2) is 0 Å². The Morgan fingerprint density at radius 1 is 1.47 bits per heavy atom. The van der Waals surface area contributed by atoms with Crippen LogP contribution >= 0.6 is 0 Å². The SMILES string of the molecule is CNCC1(CN(C)CC2CC(O)C2)CCOC1. The molecule has 2 fully saturated rings. The smallest absolute Gasteiger partial charge is 0.0547 e. The predicted molar refractivity (Wildman–Crippen MR) is 68.0 cm³/mol. The number of nitrogens with one attached hydrogen (secondary N) is 1. The van der Waals surface area contributed by atoms with E-state index in [4.69, 9.17) is 4.74 Å². The van der Waals surface area contributed by atoms with E-state index in [1.807, 2.05) is 7.05 Å². The van der Waals surface area contributed by atoms with Crippen LogP contribution < -0.4 is 5.32 Å². The van der Waals surface area contributed by atoms with E-state index in [0.717, 1.165) is 52.1 Å². The third kappa shape index (κ3) is 3.41. The summed E-state index contributed by atoms with van der Waals surface area (Å²) in [6.07, 6.45) is 3.10. The van der Waals surface area contributed by atoms with Crippen LogP contribution in [0.3, 0.4) is 0 Å². The van der Waals surface area contributed by atoms with Gasteiger partial charge in [-0.1, -0.05) is 0 Å². The predicted octanol–water partition coefficient (Wildman–Crippen LogP) is 0.315. The fourth-order valence-corrected chi connectivity index (χ4v) is 3.27. The molecule has 0 aromatic heterocycles. The zero-order chi connectivity index (χ0) is 12.3. The van der Waals surface area contributed by atoms with E-state index >= 15 is 0 Å². The van der Waals surface area contributed by atoms with Gasteiger partial charge in [0.1, 0.15) is 0 Å². The molecule has 1 aliphatic carbocycles. The molecule has 100 valence electrons. The second-order valence-corrected chi connectivity index (χ2v) is 6.02. The van der Waals surface area contributed by atoms with Gasteiger partial charge < -0.3 is 20.1 Å². The second-order valence-electron chi connectivity index (χ2n) is 6.02. The van der Waals surface area contributed by atoms with E-state index in [1.54, 1.807) is 0 Å². The first kappa shape index (κ1) is 13.3. The van der Waals surface area contributed by atoms with Gasteiger partial charge in [-0.25, -0.2) is 0 Å². The maximum absolute atomic E-state index is 9.30. The normalized spacial score (nSPS) is 37.4. The van der Waals surface area contributed by atoms with Gasteiger partial charge in [0.25, 0.3) is 0 Å². The number of aliphatic hydroxyl groups is 1. The molecule has 1 saturated heterocycles. The summed E-state index contributed by atoms with van der Waals surface area (Å²) in [5, 5.41) is 12.6. The molecule has 0 bridgehead atoms. The van der Waals surface area contributed by atoms with Gasteiger partial charge in [-0.2, -0.15) is 0 Å². The molecule has 2 rings (SSSR count). The van der Waals surface area contributed by atoms with Crippen LogP contribution in [0.2, 0.25) is 0 Å². The summed E-state index contributed by atoms with van der Waals surface area (Å²) in [5.74, 6) is 0.698. The van der Waals surface area contributed by atoms with Crippen LogP contribution in [0.4, 0.5) is 0 Å². The van der Waals surface area contributed by atoms with Gasteiger partial charge in [0.2, 0.25) is 0 Å². The third-order valence-corrected chi connectivity index (χ3v) is 4.12. The molecular weight excluding hydrogens is 216 g/mol. The van der Waals surface area contributed by atoms with Crippen molar-refractivity contribution in [2.45, 2.75) is 25.4 Å². The van der Waals surface area contributed by atoms with Gasteiger partial charge in [0, 0.05) is 31.7 Å². The number of rotatable bonds is 6. The van der Waals surface area contributed by atoms with Crippen molar-refractivity contribution < 1.29 is 9.84 Å². The first-order valence-corrected chi connectivity index (χ1v) is 6.72. The van der Waals surface area contributed by atoms with Crippen molar-refractivity contribution in [2.75, 3.05) is 46.9 Å². The quantitative estimate of drug-likeness (QED) is 0.704. The topological polar surface area (TPSA) is 44.7 Å². The first-order chi connectivity index (χ1) is 8.13. The van der Waals surface area contributed by atoms with E-state index in [1.165, 1.54) is 0 Å². The Balaban J connectivity index is 1.77. The summed E-state index contributed by atoms with van der Waals surface area (Å²) >= 11 is 0. The van der Waals surface area contributed by atoms with Gasteiger partial charge >= 0.3 is 0 Å². The summed E-state index contributed by atoms with van der Waals surface area (Å²) in [5.41, 5.74) is 0.297. The zero-order valence-corrected chi connectivity index (χ0v) is 11.1. The molecule has 0 amide bonds. The minimum Gasteiger partial charge on any atom is -0.393 e. The highest BCUT2D eigenvalue weighted by molar-refractivity contribution is 4.89. The van der Waals surface area contributed by atoms with Crippen molar-refractivity contribution in [2.24, 2.45) is 11.3 Å². The largest absolute Gasteiger partial charge is 0.393 e. The van der Waals surface area contributed by atoms with Gasteiger partial charge in [-0.3, -0.25) is 0 Å². The monoisotopic (exact) mass is 242 g/mol. The number of hydrogen-bond donors (Lipinski definition) is 2. The van der Waals surface area contributed by atoms with Crippen molar-refractivity contribution in [1.29, 1.82) is 0 Å². The Morgan fingerprint density at radius 2 is 2.24 bits per heavy atom. The molecule has 1 aliphatic heterocycles. The Hall–Kier alpha value is -0.160. The van der Waals surface area contributed by atoms with Crippen LogP contribution in [0.1, 0.15) is 19.3 Å². The molecule has 0 spiro atoms.